The maximum atomic E-state index is 12.6. The molecule has 5 aromatic carbocycles. The molecule has 2 aromatic heterocycles. The Balaban J connectivity index is 1.27. The number of aliphatic hydroxyl groups is 1. The molecule has 9 nitrogen and oxygen atoms in total. The van der Waals surface area contributed by atoms with E-state index in [0.29, 0.717) is 37.5 Å². The minimum absolute atomic E-state index is 0.0399. The lowest BCUT2D eigenvalue weighted by Crippen LogP contribution is -2.39. The maximum Gasteiger partial charge on any atom is 0.354 e. The predicted molar refractivity (Wildman–Crippen MR) is 210 cm³/mol. The van der Waals surface area contributed by atoms with E-state index in [4.69, 9.17) is 20.4 Å². The van der Waals surface area contributed by atoms with E-state index in [1.54, 1.807) is 16.3 Å². The van der Waals surface area contributed by atoms with Gasteiger partial charge in [0.1, 0.15) is 17.1 Å². The van der Waals surface area contributed by atoms with Crippen LogP contribution in [0, 0.1) is 0 Å². The summed E-state index contributed by atoms with van der Waals surface area (Å²) in [7, 11) is 0. The molecular formula is C45H44N6O3. The second-order valence-electron chi connectivity index (χ2n) is 13.8. The summed E-state index contributed by atoms with van der Waals surface area (Å²) in [6.45, 7) is 5.96. The third kappa shape index (κ3) is 6.74. The molecule has 0 aliphatic heterocycles. The zero-order chi connectivity index (χ0) is 37.7. The van der Waals surface area contributed by atoms with Gasteiger partial charge in [-0.25, -0.2) is 9.78 Å². The number of tetrazole rings is 1. The number of carboxylic acids is 1. The van der Waals surface area contributed by atoms with Crippen LogP contribution in [0.25, 0.3) is 22.5 Å². The van der Waals surface area contributed by atoms with Gasteiger partial charge in [-0.15, -0.1) is 15.0 Å². The van der Waals surface area contributed by atoms with E-state index in [1.165, 1.54) is 0 Å². The molecule has 1 unspecified atom stereocenters. The van der Waals surface area contributed by atoms with Crippen molar-refractivity contribution in [1.82, 2.24) is 29.8 Å². The fourth-order valence-corrected chi connectivity index (χ4v) is 7.53. The standard InChI is InChI=1S/C45H44N6O3/c1-4-17-39-46-41(44(3,54)30-5-2)40(43(52)53)50(39)31-32-26-28-33(29-27-32)37-24-15-16-25-38(37)42-47-49-51(48-42)45(34-18-9-6-10-19-34,35-20-11-7-12-21-35)36-22-13-8-14-23-36/h6-16,18-29,54H,4-5,17,30-31H2,1-3H3,(H,52,53). The SMILES string of the molecule is CCCc1nc(C(C)(O)CCC)c(C(=O)O)n1Cc1ccc(-c2ccccc2-c2nnn(C(c3ccccc3)(c3ccccc3)c3ccccc3)n2)cc1. The van der Waals surface area contributed by atoms with Gasteiger partial charge in [0.2, 0.25) is 5.82 Å². The number of benzene rings is 5. The number of aromatic nitrogens is 6. The van der Waals surface area contributed by atoms with Crippen molar-refractivity contribution in [2.24, 2.45) is 0 Å². The molecule has 0 aliphatic rings. The molecule has 0 bridgehead atoms. The Morgan fingerprint density at radius 1 is 0.704 bits per heavy atom. The van der Waals surface area contributed by atoms with Crippen molar-refractivity contribution in [3.8, 4) is 22.5 Å². The van der Waals surface area contributed by atoms with Gasteiger partial charge in [-0.05, 0) is 58.4 Å². The molecule has 0 amide bonds. The summed E-state index contributed by atoms with van der Waals surface area (Å²) in [4.78, 5) is 19.1. The number of hydrogen-bond donors (Lipinski definition) is 2. The van der Waals surface area contributed by atoms with Gasteiger partial charge in [-0.2, -0.15) is 0 Å². The summed E-state index contributed by atoms with van der Waals surface area (Å²) < 4.78 is 1.74. The summed E-state index contributed by atoms with van der Waals surface area (Å²) >= 11 is 0. The average molecular weight is 717 g/mol. The lowest BCUT2D eigenvalue weighted by Gasteiger charge is -2.34. The third-order valence-corrected chi connectivity index (χ3v) is 10.0. The summed E-state index contributed by atoms with van der Waals surface area (Å²) in [5.41, 5.74) is 4.67. The molecule has 7 rings (SSSR count). The quantitative estimate of drug-likeness (QED) is 0.108. The Labute approximate surface area is 315 Å². The van der Waals surface area contributed by atoms with Crippen LogP contribution in [0.3, 0.4) is 0 Å². The number of nitrogens with zero attached hydrogens (tertiary/aromatic N) is 6. The fraction of sp³-hybridized carbons (Fsp3) is 0.222. The monoisotopic (exact) mass is 716 g/mol. The highest BCUT2D eigenvalue weighted by Gasteiger charge is 2.41. The van der Waals surface area contributed by atoms with Gasteiger partial charge >= 0.3 is 5.97 Å². The first kappa shape index (κ1) is 36.2. The Morgan fingerprint density at radius 3 is 1.76 bits per heavy atom. The van der Waals surface area contributed by atoms with E-state index < -0.39 is 17.1 Å². The van der Waals surface area contributed by atoms with Crippen LogP contribution in [0.4, 0.5) is 0 Å². The molecule has 0 radical (unpaired) electrons. The van der Waals surface area contributed by atoms with Crippen LogP contribution in [0.5, 0.6) is 0 Å². The van der Waals surface area contributed by atoms with Gasteiger partial charge in [0.05, 0.1) is 0 Å². The van der Waals surface area contributed by atoms with Crippen LogP contribution in [-0.2, 0) is 24.1 Å². The van der Waals surface area contributed by atoms with Gasteiger partial charge in [-0.1, -0.05) is 160 Å². The largest absolute Gasteiger partial charge is 0.477 e. The first-order valence-electron chi connectivity index (χ1n) is 18.5. The van der Waals surface area contributed by atoms with Gasteiger partial charge < -0.3 is 14.8 Å². The molecule has 2 heterocycles. The topological polar surface area (TPSA) is 119 Å². The van der Waals surface area contributed by atoms with E-state index in [1.807, 2.05) is 117 Å². The molecule has 0 saturated heterocycles. The molecule has 0 aliphatic carbocycles. The first-order chi connectivity index (χ1) is 26.3. The number of hydrogen-bond acceptors (Lipinski definition) is 6. The van der Waals surface area contributed by atoms with Crippen molar-refractivity contribution in [2.75, 3.05) is 0 Å². The molecule has 9 heteroatoms. The third-order valence-electron chi connectivity index (χ3n) is 10.0. The minimum Gasteiger partial charge on any atom is -0.477 e. The molecule has 54 heavy (non-hydrogen) atoms. The van der Waals surface area contributed by atoms with Gasteiger partial charge in [0.25, 0.3) is 0 Å². The summed E-state index contributed by atoms with van der Waals surface area (Å²) in [5.74, 6) is 0.0443. The Kier molecular flexibility index (Phi) is 10.3. The predicted octanol–water partition coefficient (Wildman–Crippen LogP) is 8.75. The molecule has 0 saturated carbocycles. The molecule has 0 spiro atoms. The van der Waals surface area contributed by atoms with Crippen LogP contribution in [0.15, 0.2) is 140 Å². The van der Waals surface area contributed by atoms with E-state index >= 15 is 0 Å². The van der Waals surface area contributed by atoms with Crippen molar-refractivity contribution < 1.29 is 15.0 Å². The van der Waals surface area contributed by atoms with Crippen LogP contribution in [-0.4, -0.2) is 45.9 Å². The molecule has 0 fully saturated rings. The molecule has 7 aromatic rings. The van der Waals surface area contributed by atoms with Crippen molar-refractivity contribution in [3.05, 3.63) is 179 Å². The van der Waals surface area contributed by atoms with Crippen LogP contribution >= 0.6 is 0 Å². The highest BCUT2D eigenvalue weighted by atomic mass is 16.4. The van der Waals surface area contributed by atoms with E-state index in [-0.39, 0.29) is 11.4 Å². The van der Waals surface area contributed by atoms with Crippen LogP contribution < -0.4 is 0 Å². The number of carbonyl (C=O) groups is 1. The lowest BCUT2D eigenvalue weighted by molar-refractivity contribution is 0.0389. The van der Waals surface area contributed by atoms with E-state index in [2.05, 4.69) is 36.4 Å². The van der Waals surface area contributed by atoms with Gasteiger partial charge in [0, 0.05) is 18.5 Å². The second kappa shape index (κ2) is 15.4. The zero-order valence-corrected chi connectivity index (χ0v) is 30.8. The normalized spacial score (nSPS) is 12.7. The smallest absolute Gasteiger partial charge is 0.354 e. The molecular weight excluding hydrogens is 673 g/mol. The molecule has 1 atom stereocenters. The summed E-state index contributed by atoms with van der Waals surface area (Å²) in [5, 5.41) is 36.1. The summed E-state index contributed by atoms with van der Waals surface area (Å²) in [6.07, 6.45) is 2.51. The minimum atomic E-state index is -1.34. The van der Waals surface area contributed by atoms with E-state index in [9.17, 15) is 15.0 Å². The molecule has 272 valence electrons. The van der Waals surface area contributed by atoms with Crippen molar-refractivity contribution in [1.29, 1.82) is 0 Å². The Morgan fingerprint density at radius 2 is 1.24 bits per heavy atom. The Hall–Kier alpha value is -6.19. The summed E-state index contributed by atoms with van der Waals surface area (Å²) in [6, 6.07) is 46.9. The number of aryl methyl sites for hydroxylation is 1. The van der Waals surface area contributed by atoms with Gasteiger partial charge in [0.15, 0.2) is 11.2 Å². The highest BCUT2D eigenvalue weighted by Crippen LogP contribution is 2.40. The fourth-order valence-electron chi connectivity index (χ4n) is 7.53. The number of carboxylic acid groups (broad SMARTS) is 1. The van der Waals surface area contributed by atoms with Crippen LogP contribution in [0.2, 0.25) is 0 Å². The van der Waals surface area contributed by atoms with E-state index in [0.717, 1.165) is 45.4 Å². The highest BCUT2D eigenvalue weighted by molar-refractivity contribution is 5.87. The molecule has 2 N–H and O–H groups in total. The van der Waals surface area contributed by atoms with Crippen molar-refractivity contribution in [2.45, 2.75) is 64.1 Å². The average Bonchev–Trinajstić information content (AvgIpc) is 3.83. The number of aromatic carboxylic acids is 1. The Bertz CT molecular complexity index is 2240. The number of imidazole rings is 1. The lowest BCUT2D eigenvalue weighted by atomic mass is 9.77. The number of rotatable bonds is 14. The first-order valence-corrected chi connectivity index (χ1v) is 18.5. The van der Waals surface area contributed by atoms with Crippen molar-refractivity contribution in [3.63, 3.8) is 0 Å². The zero-order valence-electron chi connectivity index (χ0n) is 30.8. The second-order valence-corrected chi connectivity index (χ2v) is 13.8. The van der Waals surface area contributed by atoms with Crippen molar-refractivity contribution >= 4 is 5.97 Å². The maximum absolute atomic E-state index is 12.6. The van der Waals surface area contributed by atoms with Gasteiger partial charge in [-0.3, -0.25) is 0 Å². The van der Waals surface area contributed by atoms with Crippen LogP contribution in [0.1, 0.15) is 84.3 Å².